The number of hydrogen-bond donors (Lipinski definition) is 1. The van der Waals surface area contributed by atoms with E-state index in [1.165, 1.54) is 10.8 Å². The van der Waals surface area contributed by atoms with Crippen LogP contribution in [-0.4, -0.2) is 18.2 Å². The first-order valence-corrected chi connectivity index (χ1v) is 8.14. The molecule has 6 nitrogen and oxygen atoms in total. The SMILES string of the molecule is COc1ccc(/C=C/C(=O)c2ccc(-[n+]3[nH]oc(=O)c3Br)cc2)cc1. The highest BCUT2D eigenvalue weighted by Crippen LogP contribution is 2.13. The second-order valence-electron chi connectivity index (χ2n) is 5.12. The number of aromatic nitrogens is 2. The molecule has 0 atom stereocenters. The molecule has 126 valence electrons. The number of allylic oxidation sites excluding steroid dienone is 1. The lowest BCUT2D eigenvalue weighted by molar-refractivity contribution is -0.680. The number of ether oxygens (including phenoxy) is 1. The smallest absolute Gasteiger partial charge is 0.442 e. The van der Waals surface area contributed by atoms with Crippen molar-refractivity contribution in [1.82, 2.24) is 5.27 Å². The minimum Gasteiger partial charge on any atom is -0.497 e. The number of aromatic amines is 1. The lowest BCUT2D eigenvalue weighted by atomic mass is 10.1. The van der Waals surface area contributed by atoms with Gasteiger partial charge in [0.1, 0.15) is 5.75 Å². The van der Waals surface area contributed by atoms with Crippen molar-refractivity contribution >= 4 is 27.8 Å². The summed E-state index contributed by atoms with van der Waals surface area (Å²) in [6.07, 6.45) is 3.26. The van der Waals surface area contributed by atoms with Crippen LogP contribution < -0.4 is 15.0 Å². The van der Waals surface area contributed by atoms with Gasteiger partial charge in [-0.2, -0.15) is 0 Å². The second kappa shape index (κ2) is 7.31. The lowest BCUT2D eigenvalue weighted by Gasteiger charge is -1.99. The number of hydrogen-bond acceptors (Lipinski definition) is 4. The van der Waals surface area contributed by atoms with E-state index in [2.05, 4.69) is 25.7 Å². The Balaban J connectivity index is 1.75. The average molecular weight is 402 g/mol. The summed E-state index contributed by atoms with van der Waals surface area (Å²) in [6, 6.07) is 14.2. The van der Waals surface area contributed by atoms with Gasteiger partial charge in [-0.05, 0) is 45.9 Å². The Morgan fingerprint density at radius 3 is 2.40 bits per heavy atom. The van der Waals surface area contributed by atoms with Crippen LogP contribution in [-0.2, 0) is 0 Å². The first-order chi connectivity index (χ1) is 12.1. The van der Waals surface area contributed by atoms with Crippen molar-refractivity contribution in [2.45, 2.75) is 0 Å². The van der Waals surface area contributed by atoms with Crippen LogP contribution >= 0.6 is 15.9 Å². The van der Waals surface area contributed by atoms with Crippen molar-refractivity contribution in [3.8, 4) is 11.4 Å². The zero-order valence-electron chi connectivity index (χ0n) is 13.2. The Hall–Kier alpha value is -2.93. The zero-order valence-corrected chi connectivity index (χ0v) is 14.8. The van der Waals surface area contributed by atoms with Gasteiger partial charge >= 0.3 is 10.2 Å². The van der Waals surface area contributed by atoms with E-state index in [1.54, 1.807) is 37.5 Å². The van der Waals surface area contributed by atoms with E-state index in [1.807, 2.05) is 24.3 Å². The third-order valence-electron chi connectivity index (χ3n) is 3.55. The van der Waals surface area contributed by atoms with Crippen LogP contribution in [0.15, 0.2) is 68.5 Å². The van der Waals surface area contributed by atoms with Crippen LogP contribution in [0, 0.1) is 0 Å². The molecule has 0 aliphatic heterocycles. The first-order valence-electron chi connectivity index (χ1n) is 7.34. The normalized spacial score (nSPS) is 11.0. The van der Waals surface area contributed by atoms with Gasteiger partial charge in [-0.1, -0.05) is 18.2 Å². The summed E-state index contributed by atoms with van der Waals surface area (Å²) in [5, 5.41) is 2.47. The van der Waals surface area contributed by atoms with Crippen LogP contribution in [0.2, 0.25) is 0 Å². The number of nitrogens with one attached hydrogen (secondary N) is 1. The number of rotatable bonds is 5. The molecule has 2 aromatic carbocycles. The highest BCUT2D eigenvalue weighted by molar-refractivity contribution is 9.10. The maximum absolute atomic E-state index is 12.3. The number of H-pyrrole nitrogens is 1. The Kier molecular flexibility index (Phi) is 4.95. The van der Waals surface area contributed by atoms with Gasteiger partial charge in [0.25, 0.3) is 0 Å². The molecule has 1 N–H and O–H groups in total. The number of halogens is 1. The molecule has 7 heteroatoms. The highest BCUT2D eigenvalue weighted by Gasteiger charge is 2.20. The molecule has 0 saturated carbocycles. The quantitative estimate of drug-likeness (QED) is 0.405. The molecule has 3 aromatic rings. The van der Waals surface area contributed by atoms with E-state index >= 15 is 0 Å². The summed E-state index contributed by atoms with van der Waals surface area (Å²) in [5.41, 5.74) is 1.59. The van der Waals surface area contributed by atoms with Gasteiger partial charge < -0.3 is 4.74 Å². The van der Waals surface area contributed by atoms with E-state index in [-0.39, 0.29) is 10.4 Å². The van der Waals surface area contributed by atoms with E-state index < -0.39 is 5.63 Å². The largest absolute Gasteiger partial charge is 0.497 e. The number of carbonyl (C=O) groups is 1. The molecule has 0 aliphatic carbocycles. The fourth-order valence-electron chi connectivity index (χ4n) is 2.18. The van der Waals surface area contributed by atoms with Crippen molar-refractivity contribution < 1.29 is 18.7 Å². The molecule has 0 saturated heterocycles. The Morgan fingerprint density at radius 1 is 1.16 bits per heavy atom. The molecule has 0 spiro atoms. The predicted molar refractivity (Wildman–Crippen MR) is 94.9 cm³/mol. The van der Waals surface area contributed by atoms with Gasteiger partial charge in [-0.25, -0.2) is 4.79 Å². The topological polar surface area (TPSA) is 76.2 Å². The molecule has 0 bridgehead atoms. The number of ketones is 1. The molecule has 25 heavy (non-hydrogen) atoms. The molecule has 0 fully saturated rings. The van der Waals surface area contributed by atoms with E-state index in [0.29, 0.717) is 11.3 Å². The summed E-state index contributed by atoms with van der Waals surface area (Å²) in [4.78, 5) is 23.6. The van der Waals surface area contributed by atoms with Gasteiger partial charge in [-0.15, -0.1) is 0 Å². The molecule has 3 rings (SSSR count). The predicted octanol–water partition coefficient (Wildman–Crippen LogP) is 2.91. The van der Waals surface area contributed by atoms with E-state index in [9.17, 15) is 9.59 Å². The van der Waals surface area contributed by atoms with Gasteiger partial charge in [0.2, 0.25) is 5.69 Å². The van der Waals surface area contributed by atoms with Crippen molar-refractivity contribution in [3.63, 3.8) is 0 Å². The summed E-state index contributed by atoms with van der Waals surface area (Å²) in [6.45, 7) is 0. The number of carbonyl (C=O) groups excluding carboxylic acids is 1. The molecular formula is C18H14BrN2O4+. The van der Waals surface area contributed by atoms with Gasteiger partial charge in [0, 0.05) is 33.6 Å². The number of methoxy groups -OCH3 is 1. The second-order valence-corrected chi connectivity index (χ2v) is 5.88. The zero-order chi connectivity index (χ0) is 17.8. The van der Waals surface area contributed by atoms with Gasteiger partial charge in [0.15, 0.2) is 5.78 Å². The minimum absolute atomic E-state index is 0.118. The lowest BCUT2D eigenvalue weighted by Crippen LogP contribution is -2.34. The fourth-order valence-corrected chi connectivity index (χ4v) is 2.54. The molecule has 0 unspecified atom stereocenters. The van der Waals surface area contributed by atoms with Crippen molar-refractivity contribution in [3.05, 3.63) is 80.8 Å². The summed E-state index contributed by atoms with van der Waals surface area (Å²) in [7, 11) is 1.61. The molecule has 0 aliphatic rings. The monoisotopic (exact) mass is 401 g/mol. The van der Waals surface area contributed by atoms with Crippen LogP contribution in [0.25, 0.3) is 11.8 Å². The van der Waals surface area contributed by atoms with E-state index in [4.69, 9.17) is 4.74 Å². The summed E-state index contributed by atoms with van der Waals surface area (Å²) >= 11 is 3.13. The van der Waals surface area contributed by atoms with Crippen molar-refractivity contribution in [2.75, 3.05) is 7.11 Å². The Bertz CT molecular complexity index is 970. The minimum atomic E-state index is -0.512. The van der Waals surface area contributed by atoms with Gasteiger partial charge in [0.05, 0.1) is 7.11 Å². The van der Waals surface area contributed by atoms with E-state index in [0.717, 1.165) is 11.3 Å². The Morgan fingerprint density at radius 2 is 1.84 bits per heavy atom. The van der Waals surface area contributed by atoms with Crippen molar-refractivity contribution in [2.24, 2.45) is 0 Å². The maximum Gasteiger partial charge on any atom is 0.442 e. The fraction of sp³-hybridized carbons (Fsp3) is 0.0556. The van der Waals surface area contributed by atoms with Crippen LogP contribution in [0.5, 0.6) is 5.75 Å². The summed E-state index contributed by atoms with van der Waals surface area (Å²) < 4.78 is 11.5. The standard InChI is InChI=1S/C18H13BrN2O4/c1-24-15-9-2-12(3-10-15)4-11-16(22)13-5-7-14(8-6-13)21-17(19)18(23)25-20-21/h2-11H,1H3/p+1/b11-4+. The summed E-state index contributed by atoms with van der Waals surface area (Å²) in [5.74, 6) is 0.645. The van der Waals surface area contributed by atoms with Crippen LogP contribution in [0.4, 0.5) is 0 Å². The third-order valence-corrected chi connectivity index (χ3v) is 4.23. The first kappa shape index (κ1) is 16.9. The average Bonchev–Trinajstić information content (AvgIpc) is 2.99. The molecule has 0 radical (unpaired) electrons. The molecule has 0 amide bonds. The van der Waals surface area contributed by atoms with Crippen molar-refractivity contribution in [1.29, 1.82) is 0 Å². The van der Waals surface area contributed by atoms with Crippen LogP contribution in [0.3, 0.4) is 0 Å². The van der Waals surface area contributed by atoms with Crippen LogP contribution in [0.1, 0.15) is 15.9 Å². The third kappa shape index (κ3) is 3.77. The molecule has 1 heterocycles. The number of benzene rings is 2. The Labute approximate surface area is 151 Å². The molecular weight excluding hydrogens is 388 g/mol. The number of nitrogens with zero attached hydrogens (tertiary/aromatic N) is 1. The highest BCUT2D eigenvalue weighted by atomic mass is 79.9. The van der Waals surface area contributed by atoms with Gasteiger partial charge in [-0.3, -0.25) is 9.32 Å². The maximum atomic E-state index is 12.3. The molecule has 1 aromatic heterocycles.